The normalized spacial score (nSPS) is 11.1. The topological polar surface area (TPSA) is 60.5 Å². The van der Waals surface area contributed by atoms with E-state index < -0.39 is 18.7 Å². The van der Waals surface area contributed by atoms with Crippen molar-refractivity contribution in [1.82, 2.24) is 10.3 Å². The predicted octanol–water partition coefficient (Wildman–Crippen LogP) is 3.18. The monoisotopic (exact) mass is 340 g/mol. The molecule has 0 unspecified atom stereocenters. The van der Waals surface area contributed by atoms with E-state index in [2.05, 4.69) is 15.0 Å². The van der Waals surface area contributed by atoms with Gasteiger partial charge in [-0.2, -0.15) is 13.2 Å². The first-order chi connectivity index (χ1) is 11.4. The Kier molecular flexibility index (Phi) is 6.14. The van der Waals surface area contributed by atoms with Crippen LogP contribution in [0.5, 0.6) is 11.6 Å². The second-order valence-electron chi connectivity index (χ2n) is 4.72. The summed E-state index contributed by atoms with van der Waals surface area (Å²) < 4.78 is 45.5. The summed E-state index contributed by atoms with van der Waals surface area (Å²) in [6.45, 7) is -1.60. The summed E-state index contributed by atoms with van der Waals surface area (Å²) in [6.07, 6.45) is -3.05. The van der Waals surface area contributed by atoms with E-state index in [1.165, 1.54) is 18.3 Å². The van der Waals surface area contributed by atoms with Gasteiger partial charge in [-0.05, 0) is 18.2 Å². The van der Waals surface area contributed by atoms with Crippen LogP contribution in [0.15, 0.2) is 48.7 Å². The summed E-state index contributed by atoms with van der Waals surface area (Å²) in [4.78, 5) is 15.8. The van der Waals surface area contributed by atoms with E-state index in [-0.39, 0.29) is 18.7 Å². The Labute approximate surface area is 136 Å². The minimum atomic E-state index is -4.37. The highest BCUT2D eigenvalue weighted by Gasteiger charge is 2.27. The average molecular weight is 340 g/mol. The molecule has 1 amide bonds. The summed E-state index contributed by atoms with van der Waals surface area (Å²) in [7, 11) is 0. The van der Waals surface area contributed by atoms with Gasteiger partial charge in [0.15, 0.2) is 0 Å². The van der Waals surface area contributed by atoms with Gasteiger partial charge in [-0.1, -0.05) is 18.2 Å². The van der Waals surface area contributed by atoms with Crippen LogP contribution in [0.3, 0.4) is 0 Å². The molecule has 0 saturated heterocycles. The molecule has 0 aliphatic rings. The number of nitrogens with one attached hydrogen (secondary N) is 1. The van der Waals surface area contributed by atoms with E-state index in [4.69, 9.17) is 4.74 Å². The number of alkyl halides is 3. The van der Waals surface area contributed by atoms with Gasteiger partial charge < -0.3 is 14.8 Å². The summed E-state index contributed by atoms with van der Waals surface area (Å²) in [5.41, 5.74) is 0.270. The third-order valence-electron chi connectivity index (χ3n) is 2.76. The molecule has 1 N–H and O–H groups in total. The van der Waals surface area contributed by atoms with Crippen molar-refractivity contribution in [3.8, 4) is 11.6 Å². The van der Waals surface area contributed by atoms with Crippen molar-refractivity contribution in [2.45, 2.75) is 6.18 Å². The Bertz CT molecular complexity index is 646. The molecule has 0 spiro atoms. The van der Waals surface area contributed by atoms with Crippen molar-refractivity contribution in [3.63, 3.8) is 0 Å². The van der Waals surface area contributed by atoms with E-state index in [0.717, 1.165) is 0 Å². The maximum Gasteiger partial charge on any atom is 0.411 e. The molecule has 1 aromatic heterocycles. The fourth-order valence-electron chi connectivity index (χ4n) is 1.71. The van der Waals surface area contributed by atoms with E-state index in [9.17, 15) is 18.0 Å². The molecule has 0 fully saturated rings. The molecule has 128 valence electrons. The number of halogens is 3. The SMILES string of the molecule is O=C(NCCOCC(F)(F)F)c1ccc(Oc2ccccc2)nc1. The fraction of sp³-hybridized carbons (Fsp3) is 0.250. The molecule has 8 heteroatoms. The van der Waals surface area contributed by atoms with Gasteiger partial charge in [-0.25, -0.2) is 4.98 Å². The number of hydrogen-bond acceptors (Lipinski definition) is 4. The van der Waals surface area contributed by atoms with Gasteiger partial charge in [0.05, 0.1) is 12.2 Å². The van der Waals surface area contributed by atoms with Crippen molar-refractivity contribution < 1.29 is 27.4 Å². The number of para-hydroxylation sites is 1. The Morgan fingerprint density at radius 1 is 1.12 bits per heavy atom. The molecule has 2 rings (SSSR count). The minimum absolute atomic E-state index is 0.0306. The molecule has 0 bridgehead atoms. The van der Waals surface area contributed by atoms with E-state index >= 15 is 0 Å². The number of aromatic nitrogens is 1. The summed E-state index contributed by atoms with van der Waals surface area (Å²) in [5, 5.41) is 2.44. The first-order valence-corrected chi connectivity index (χ1v) is 7.06. The number of pyridine rings is 1. The Morgan fingerprint density at radius 2 is 1.88 bits per heavy atom. The molecule has 0 saturated carbocycles. The number of rotatable bonds is 7. The van der Waals surface area contributed by atoms with Crippen LogP contribution in [0.2, 0.25) is 0 Å². The number of carbonyl (C=O) groups excluding carboxylic acids is 1. The molecule has 5 nitrogen and oxygen atoms in total. The molecule has 2 aromatic rings. The second kappa shape index (κ2) is 8.30. The number of hydrogen-bond donors (Lipinski definition) is 1. The van der Waals surface area contributed by atoms with E-state index in [0.29, 0.717) is 11.6 Å². The third kappa shape index (κ3) is 6.25. The smallest absolute Gasteiger partial charge is 0.411 e. The van der Waals surface area contributed by atoms with Crippen molar-refractivity contribution in [2.24, 2.45) is 0 Å². The Morgan fingerprint density at radius 3 is 2.50 bits per heavy atom. The van der Waals surface area contributed by atoms with Crippen molar-refractivity contribution in [3.05, 3.63) is 54.2 Å². The minimum Gasteiger partial charge on any atom is -0.439 e. The largest absolute Gasteiger partial charge is 0.439 e. The molecule has 1 heterocycles. The standard InChI is InChI=1S/C16H15F3N2O3/c17-16(18,19)11-23-9-8-20-15(22)12-6-7-14(21-10-12)24-13-4-2-1-3-5-13/h1-7,10H,8-9,11H2,(H,20,22). The quantitative estimate of drug-likeness (QED) is 0.787. The zero-order valence-electron chi connectivity index (χ0n) is 12.5. The van der Waals surface area contributed by atoms with Gasteiger partial charge >= 0.3 is 6.18 Å². The molecule has 24 heavy (non-hydrogen) atoms. The Hall–Kier alpha value is -2.61. The van der Waals surface area contributed by atoms with Gasteiger partial charge in [0.1, 0.15) is 12.4 Å². The number of ether oxygens (including phenoxy) is 2. The molecule has 0 aliphatic heterocycles. The third-order valence-corrected chi connectivity index (χ3v) is 2.76. The number of benzene rings is 1. The van der Waals surface area contributed by atoms with Crippen LogP contribution in [-0.4, -0.2) is 36.8 Å². The molecule has 0 atom stereocenters. The molecular formula is C16H15F3N2O3. The highest BCUT2D eigenvalue weighted by Crippen LogP contribution is 2.18. The molecule has 0 aliphatic carbocycles. The van der Waals surface area contributed by atoms with Crippen LogP contribution in [0.4, 0.5) is 13.2 Å². The molecule has 1 aromatic carbocycles. The predicted molar refractivity (Wildman–Crippen MR) is 80.0 cm³/mol. The van der Waals surface area contributed by atoms with Crippen LogP contribution in [0, 0.1) is 0 Å². The van der Waals surface area contributed by atoms with Crippen LogP contribution in [0.1, 0.15) is 10.4 Å². The number of nitrogens with zero attached hydrogens (tertiary/aromatic N) is 1. The molecule has 0 radical (unpaired) electrons. The van der Waals surface area contributed by atoms with Crippen LogP contribution < -0.4 is 10.1 Å². The lowest BCUT2D eigenvalue weighted by Crippen LogP contribution is -2.28. The van der Waals surface area contributed by atoms with Gasteiger partial charge in [0.25, 0.3) is 5.91 Å². The first-order valence-electron chi connectivity index (χ1n) is 7.06. The lowest BCUT2D eigenvalue weighted by atomic mass is 10.2. The van der Waals surface area contributed by atoms with Gasteiger partial charge in [0.2, 0.25) is 5.88 Å². The van der Waals surface area contributed by atoms with Crippen molar-refractivity contribution in [1.29, 1.82) is 0 Å². The highest BCUT2D eigenvalue weighted by molar-refractivity contribution is 5.93. The lowest BCUT2D eigenvalue weighted by Gasteiger charge is -2.09. The maximum atomic E-state index is 11.9. The second-order valence-corrected chi connectivity index (χ2v) is 4.72. The van der Waals surface area contributed by atoms with Gasteiger partial charge in [-0.15, -0.1) is 0 Å². The number of amides is 1. The highest BCUT2D eigenvalue weighted by atomic mass is 19.4. The summed E-state index contributed by atoms with van der Waals surface area (Å²) >= 11 is 0. The summed E-state index contributed by atoms with van der Waals surface area (Å²) in [6, 6.07) is 12.1. The van der Waals surface area contributed by atoms with Crippen LogP contribution in [-0.2, 0) is 4.74 Å². The zero-order chi connectivity index (χ0) is 17.4. The Balaban J connectivity index is 1.77. The van der Waals surface area contributed by atoms with Crippen LogP contribution in [0.25, 0.3) is 0 Å². The fourth-order valence-corrected chi connectivity index (χ4v) is 1.71. The van der Waals surface area contributed by atoms with Crippen molar-refractivity contribution >= 4 is 5.91 Å². The van der Waals surface area contributed by atoms with Gasteiger partial charge in [-0.3, -0.25) is 4.79 Å². The molecular weight excluding hydrogens is 325 g/mol. The summed E-state index contributed by atoms with van der Waals surface area (Å²) in [5.74, 6) is 0.486. The first kappa shape index (κ1) is 17.7. The lowest BCUT2D eigenvalue weighted by molar-refractivity contribution is -0.173. The zero-order valence-corrected chi connectivity index (χ0v) is 12.5. The van der Waals surface area contributed by atoms with E-state index in [1.807, 2.05) is 18.2 Å². The maximum absolute atomic E-state index is 11.9. The average Bonchev–Trinajstić information content (AvgIpc) is 2.55. The van der Waals surface area contributed by atoms with E-state index in [1.54, 1.807) is 12.1 Å². The number of carbonyl (C=O) groups is 1. The van der Waals surface area contributed by atoms with Crippen LogP contribution >= 0.6 is 0 Å². The van der Waals surface area contributed by atoms with Gasteiger partial charge in [0, 0.05) is 18.8 Å². The van der Waals surface area contributed by atoms with Crippen molar-refractivity contribution in [2.75, 3.05) is 19.8 Å².